The van der Waals surface area contributed by atoms with E-state index in [0.717, 1.165) is 26.1 Å². The molecule has 2 saturated heterocycles. The maximum absolute atomic E-state index is 12.8. The van der Waals surface area contributed by atoms with Crippen LogP contribution < -0.4 is 10.5 Å². The Morgan fingerprint density at radius 2 is 2.10 bits per heavy atom. The second-order valence-corrected chi connectivity index (χ2v) is 5.86. The van der Waals surface area contributed by atoms with Gasteiger partial charge in [-0.25, -0.2) is 0 Å². The van der Waals surface area contributed by atoms with Gasteiger partial charge in [-0.2, -0.15) is 0 Å². The standard InChI is InChI=1S/C16H23N3O2/c1-21-15-13(6-2-7-14(15)17)16(20)19-10-4-9-18-8-3-5-12(18)11-19/h2,6-7,12H,3-5,8-11,17H2,1H3. The first-order chi connectivity index (χ1) is 10.2. The zero-order valence-electron chi connectivity index (χ0n) is 12.5. The highest BCUT2D eigenvalue weighted by atomic mass is 16.5. The van der Waals surface area contributed by atoms with E-state index in [0.29, 0.717) is 23.0 Å². The number of anilines is 1. The van der Waals surface area contributed by atoms with Crippen molar-refractivity contribution < 1.29 is 9.53 Å². The van der Waals surface area contributed by atoms with Crippen molar-refractivity contribution in [2.24, 2.45) is 0 Å². The molecular weight excluding hydrogens is 266 g/mol. The van der Waals surface area contributed by atoms with Crippen LogP contribution in [0, 0.1) is 0 Å². The summed E-state index contributed by atoms with van der Waals surface area (Å²) < 4.78 is 5.32. The van der Waals surface area contributed by atoms with Gasteiger partial charge in [0.15, 0.2) is 5.75 Å². The van der Waals surface area contributed by atoms with Crippen molar-refractivity contribution in [1.82, 2.24) is 9.80 Å². The highest BCUT2D eigenvalue weighted by Crippen LogP contribution is 2.28. The molecule has 3 rings (SSSR count). The zero-order valence-corrected chi connectivity index (χ0v) is 12.5. The lowest BCUT2D eigenvalue weighted by molar-refractivity contribution is 0.0740. The number of para-hydroxylation sites is 1. The van der Waals surface area contributed by atoms with Crippen LogP contribution in [-0.2, 0) is 0 Å². The predicted molar refractivity (Wildman–Crippen MR) is 82.5 cm³/mol. The number of hydrogen-bond donors (Lipinski definition) is 1. The first kappa shape index (κ1) is 14.2. The van der Waals surface area contributed by atoms with Crippen LogP contribution >= 0.6 is 0 Å². The van der Waals surface area contributed by atoms with E-state index in [-0.39, 0.29) is 5.91 Å². The quantitative estimate of drug-likeness (QED) is 0.840. The summed E-state index contributed by atoms with van der Waals surface area (Å²) in [6, 6.07) is 5.89. The number of hydrogen-bond acceptors (Lipinski definition) is 4. The van der Waals surface area contributed by atoms with Crippen molar-refractivity contribution in [3.05, 3.63) is 23.8 Å². The lowest BCUT2D eigenvalue weighted by Crippen LogP contribution is -2.39. The fourth-order valence-electron chi connectivity index (χ4n) is 3.51. The molecule has 5 heteroatoms. The Morgan fingerprint density at radius 1 is 1.29 bits per heavy atom. The fraction of sp³-hybridized carbons (Fsp3) is 0.562. The lowest BCUT2D eigenvalue weighted by atomic mass is 10.1. The van der Waals surface area contributed by atoms with Crippen LogP contribution in [0.1, 0.15) is 29.6 Å². The molecule has 1 aromatic rings. The van der Waals surface area contributed by atoms with Gasteiger partial charge >= 0.3 is 0 Å². The molecule has 5 nitrogen and oxygen atoms in total. The van der Waals surface area contributed by atoms with E-state index in [1.165, 1.54) is 19.4 Å². The number of carbonyl (C=O) groups is 1. The molecular formula is C16H23N3O2. The zero-order chi connectivity index (χ0) is 14.8. The number of carbonyl (C=O) groups excluding carboxylic acids is 1. The third-order valence-electron chi connectivity index (χ3n) is 4.57. The molecule has 2 N–H and O–H groups in total. The fourth-order valence-corrected chi connectivity index (χ4v) is 3.51. The summed E-state index contributed by atoms with van der Waals surface area (Å²) in [6.07, 6.45) is 3.47. The first-order valence-electron chi connectivity index (χ1n) is 7.66. The van der Waals surface area contributed by atoms with Crippen LogP contribution in [-0.4, -0.2) is 55.0 Å². The molecule has 2 heterocycles. The van der Waals surface area contributed by atoms with Gasteiger partial charge in [0.2, 0.25) is 0 Å². The Labute approximate surface area is 125 Å². The van der Waals surface area contributed by atoms with E-state index in [1.54, 1.807) is 19.2 Å². The number of nitrogens with zero attached hydrogens (tertiary/aromatic N) is 2. The SMILES string of the molecule is COc1c(N)cccc1C(=O)N1CCCN2CCCC2C1. The van der Waals surface area contributed by atoms with E-state index in [4.69, 9.17) is 10.5 Å². The van der Waals surface area contributed by atoms with Gasteiger partial charge in [-0.1, -0.05) is 6.07 Å². The van der Waals surface area contributed by atoms with Crippen LogP contribution in [0.25, 0.3) is 0 Å². The van der Waals surface area contributed by atoms with Crippen molar-refractivity contribution in [3.63, 3.8) is 0 Å². The van der Waals surface area contributed by atoms with E-state index < -0.39 is 0 Å². The molecule has 2 aliphatic rings. The van der Waals surface area contributed by atoms with Crippen molar-refractivity contribution >= 4 is 11.6 Å². The summed E-state index contributed by atoms with van der Waals surface area (Å²) in [5.41, 5.74) is 7.00. The van der Waals surface area contributed by atoms with Gasteiger partial charge in [0.1, 0.15) is 0 Å². The first-order valence-corrected chi connectivity index (χ1v) is 7.66. The summed E-state index contributed by atoms with van der Waals surface area (Å²) in [5, 5.41) is 0. The molecule has 0 aromatic heterocycles. The Bertz CT molecular complexity index is 532. The highest BCUT2D eigenvalue weighted by molar-refractivity contribution is 5.98. The number of amides is 1. The lowest BCUT2D eigenvalue weighted by Gasteiger charge is -2.26. The normalized spacial score (nSPS) is 22.7. The molecule has 2 fully saturated rings. The molecule has 21 heavy (non-hydrogen) atoms. The van der Waals surface area contributed by atoms with E-state index >= 15 is 0 Å². The van der Waals surface area contributed by atoms with E-state index in [2.05, 4.69) is 4.90 Å². The molecule has 1 unspecified atom stereocenters. The Balaban J connectivity index is 1.83. The highest BCUT2D eigenvalue weighted by Gasteiger charge is 2.31. The summed E-state index contributed by atoms with van der Waals surface area (Å²) in [5.74, 6) is 0.530. The molecule has 2 aliphatic heterocycles. The topological polar surface area (TPSA) is 58.8 Å². The number of nitrogen functional groups attached to an aromatic ring is 1. The van der Waals surface area contributed by atoms with E-state index in [9.17, 15) is 4.79 Å². The number of nitrogens with two attached hydrogens (primary N) is 1. The number of fused-ring (bicyclic) bond motifs is 1. The Kier molecular flexibility index (Phi) is 4.01. The maximum atomic E-state index is 12.8. The number of benzene rings is 1. The van der Waals surface area contributed by atoms with Crippen molar-refractivity contribution in [2.45, 2.75) is 25.3 Å². The number of rotatable bonds is 2. The van der Waals surface area contributed by atoms with Crippen LogP contribution in [0.2, 0.25) is 0 Å². The largest absolute Gasteiger partial charge is 0.494 e. The maximum Gasteiger partial charge on any atom is 0.257 e. The predicted octanol–water partition coefficient (Wildman–Crippen LogP) is 1.59. The van der Waals surface area contributed by atoms with Crippen molar-refractivity contribution in [1.29, 1.82) is 0 Å². The van der Waals surface area contributed by atoms with Gasteiger partial charge in [0.25, 0.3) is 5.91 Å². The van der Waals surface area contributed by atoms with Gasteiger partial charge in [-0.3, -0.25) is 9.69 Å². The Hall–Kier alpha value is -1.75. The summed E-state index contributed by atoms with van der Waals surface area (Å²) in [6.45, 7) is 3.90. The Morgan fingerprint density at radius 3 is 2.90 bits per heavy atom. The smallest absolute Gasteiger partial charge is 0.257 e. The average molecular weight is 289 g/mol. The van der Waals surface area contributed by atoms with E-state index in [1.807, 2.05) is 11.0 Å². The van der Waals surface area contributed by atoms with Gasteiger partial charge < -0.3 is 15.4 Å². The third kappa shape index (κ3) is 2.70. The molecule has 1 atom stereocenters. The van der Waals surface area contributed by atoms with Gasteiger partial charge in [0, 0.05) is 25.7 Å². The van der Waals surface area contributed by atoms with Crippen LogP contribution in [0.15, 0.2) is 18.2 Å². The minimum atomic E-state index is 0.0351. The summed E-state index contributed by atoms with van der Waals surface area (Å²) >= 11 is 0. The molecule has 1 amide bonds. The van der Waals surface area contributed by atoms with Gasteiger partial charge in [0.05, 0.1) is 18.4 Å². The molecule has 0 spiro atoms. The molecule has 0 aliphatic carbocycles. The molecule has 0 saturated carbocycles. The van der Waals surface area contributed by atoms with Crippen LogP contribution in [0.4, 0.5) is 5.69 Å². The minimum absolute atomic E-state index is 0.0351. The monoisotopic (exact) mass is 289 g/mol. The third-order valence-corrected chi connectivity index (χ3v) is 4.57. The van der Waals surface area contributed by atoms with Crippen molar-refractivity contribution in [3.8, 4) is 5.75 Å². The summed E-state index contributed by atoms with van der Waals surface area (Å²) in [4.78, 5) is 17.3. The molecule has 114 valence electrons. The second kappa shape index (κ2) is 5.93. The number of methoxy groups -OCH3 is 1. The van der Waals surface area contributed by atoms with Crippen LogP contribution in [0.3, 0.4) is 0 Å². The molecule has 0 radical (unpaired) electrons. The molecule has 1 aromatic carbocycles. The van der Waals surface area contributed by atoms with Crippen molar-refractivity contribution in [2.75, 3.05) is 39.0 Å². The van der Waals surface area contributed by atoms with Gasteiger partial charge in [-0.05, 0) is 37.9 Å². The molecule has 0 bridgehead atoms. The van der Waals surface area contributed by atoms with Crippen LogP contribution in [0.5, 0.6) is 5.75 Å². The average Bonchev–Trinajstić information content (AvgIpc) is 2.83. The van der Waals surface area contributed by atoms with Gasteiger partial charge in [-0.15, -0.1) is 0 Å². The summed E-state index contributed by atoms with van der Waals surface area (Å²) in [7, 11) is 1.56. The second-order valence-electron chi connectivity index (χ2n) is 5.86. The minimum Gasteiger partial charge on any atom is -0.494 e. The number of ether oxygens (including phenoxy) is 1.